The molecular formula is C22H32N4O5S. The largest absolute Gasteiger partial charge is 0.352 e. The Morgan fingerprint density at radius 1 is 1.00 bits per heavy atom. The second-order valence-corrected chi connectivity index (χ2v) is 10.7. The van der Waals surface area contributed by atoms with Crippen LogP contribution in [0.4, 0.5) is 5.69 Å². The first-order valence-corrected chi connectivity index (χ1v) is 12.5. The summed E-state index contributed by atoms with van der Waals surface area (Å²) >= 11 is 0. The van der Waals surface area contributed by atoms with E-state index in [-0.39, 0.29) is 47.7 Å². The number of carbonyl (C=O) groups excluding carboxylic acids is 3. The van der Waals surface area contributed by atoms with Crippen molar-refractivity contribution in [2.75, 3.05) is 24.5 Å². The number of nitrogens with one attached hydrogen (secondary N) is 2. The number of hydrogen-bond donors (Lipinski definition) is 2. The Hall–Kier alpha value is -2.46. The number of nitrogens with zero attached hydrogens (tertiary/aromatic N) is 2. The molecule has 2 N–H and O–H groups in total. The Kier molecular flexibility index (Phi) is 7.55. The number of benzene rings is 1. The topological polar surface area (TPSA) is 116 Å². The summed E-state index contributed by atoms with van der Waals surface area (Å²) < 4.78 is 27.4. The summed E-state index contributed by atoms with van der Waals surface area (Å²) in [6.45, 7) is 6.45. The van der Waals surface area contributed by atoms with Crippen molar-refractivity contribution in [2.24, 2.45) is 5.92 Å². The van der Waals surface area contributed by atoms with Crippen molar-refractivity contribution >= 4 is 33.4 Å². The Balaban J connectivity index is 1.56. The molecule has 1 atom stereocenters. The summed E-state index contributed by atoms with van der Waals surface area (Å²) in [7, 11) is -3.68. The minimum atomic E-state index is -3.68. The molecule has 0 aliphatic carbocycles. The van der Waals surface area contributed by atoms with Crippen molar-refractivity contribution in [3.63, 3.8) is 0 Å². The minimum absolute atomic E-state index is 0.0137. The van der Waals surface area contributed by atoms with Gasteiger partial charge in [0.2, 0.25) is 27.7 Å². The SMILES string of the molecule is CC(C)NC(=O)[C@@H](C)NC(=O)C1CCN(S(=O)(=O)c2ccc(N3CCCC3=O)cc2)CC1. The van der Waals surface area contributed by atoms with E-state index < -0.39 is 16.1 Å². The molecule has 2 heterocycles. The van der Waals surface area contributed by atoms with E-state index >= 15 is 0 Å². The molecule has 0 saturated carbocycles. The van der Waals surface area contributed by atoms with Crippen LogP contribution in [0.1, 0.15) is 46.5 Å². The predicted molar refractivity (Wildman–Crippen MR) is 120 cm³/mol. The lowest BCUT2D eigenvalue weighted by molar-refractivity contribution is -0.131. The van der Waals surface area contributed by atoms with Gasteiger partial charge in [0.15, 0.2) is 0 Å². The fourth-order valence-corrected chi connectivity index (χ4v) is 5.50. The normalized spacial score (nSPS) is 19.2. The molecule has 3 amide bonds. The molecular weight excluding hydrogens is 432 g/mol. The number of rotatable bonds is 7. The summed E-state index contributed by atoms with van der Waals surface area (Å²) in [4.78, 5) is 38.3. The number of anilines is 1. The van der Waals surface area contributed by atoms with Crippen molar-refractivity contribution < 1.29 is 22.8 Å². The molecule has 32 heavy (non-hydrogen) atoms. The lowest BCUT2D eigenvalue weighted by Gasteiger charge is -2.31. The Morgan fingerprint density at radius 2 is 1.62 bits per heavy atom. The zero-order chi connectivity index (χ0) is 23.5. The second kappa shape index (κ2) is 9.99. The standard InChI is InChI=1S/C22H32N4O5S/c1-15(2)23-21(28)16(3)24-22(29)17-10-13-25(14-11-17)32(30,31)19-8-6-18(7-9-19)26-12-4-5-20(26)27/h6-9,15-17H,4-5,10-14H2,1-3H3,(H,23,28)(H,24,29)/t16-/m1/s1. The summed E-state index contributed by atoms with van der Waals surface area (Å²) in [6, 6.07) is 5.74. The van der Waals surface area contributed by atoms with Gasteiger partial charge in [0.25, 0.3) is 0 Å². The molecule has 3 rings (SSSR count). The molecule has 2 fully saturated rings. The lowest BCUT2D eigenvalue weighted by Crippen LogP contribution is -2.50. The van der Waals surface area contributed by atoms with E-state index in [2.05, 4.69) is 10.6 Å². The molecule has 9 nitrogen and oxygen atoms in total. The van der Waals surface area contributed by atoms with Crippen LogP contribution in [0.25, 0.3) is 0 Å². The third-order valence-corrected chi connectivity index (χ3v) is 7.78. The smallest absolute Gasteiger partial charge is 0.243 e. The third-order valence-electron chi connectivity index (χ3n) is 5.87. The third kappa shape index (κ3) is 5.47. The van der Waals surface area contributed by atoms with Crippen LogP contribution in [0.3, 0.4) is 0 Å². The Bertz CT molecular complexity index is 953. The molecule has 176 valence electrons. The zero-order valence-corrected chi connectivity index (χ0v) is 19.7. The fraction of sp³-hybridized carbons (Fsp3) is 0.591. The Morgan fingerprint density at radius 3 is 2.16 bits per heavy atom. The molecule has 0 radical (unpaired) electrons. The highest BCUT2D eigenvalue weighted by Crippen LogP contribution is 2.27. The molecule has 10 heteroatoms. The summed E-state index contributed by atoms with van der Waals surface area (Å²) in [6.07, 6.45) is 2.11. The van der Waals surface area contributed by atoms with Gasteiger partial charge in [-0.15, -0.1) is 0 Å². The molecule has 2 aliphatic rings. The maximum Gasteiger partial charge on any atom is 0.243 e. The van der Waals surface area contributed by atoms with E-state index in [0.717, 1.165) is 6.42 Å². The minimum Gasteiger partial charge on any atom is -0.352 e. The predicted octanol–water partition coefficient (Wildman–Crippen LogP) is 1.24. The molecule has 1 aromatic carbocycles. The van der Waals surface area contributed by atoms with Crippen molar-refractivity contribution in [1.29, 1.82) is 0 Å². The highest BCUT2D eigenvalue weighted by molar-refractivity contribution is 7.89. The van der Waals surface area contributed by atoms with E-state index in [1.165, 1.54) is 16.4 Å². The summed E-state index contributed by atoms with van der Waals surface area (Å²) in [5, 5.41) is 5.48. The van der Waals surface area contributed by atoms with Crippen LogP contribution >= 0.6 is 0 Å². The van der Waals surface area contributed by atoms with Gasteiger partial charge in [-0.2, -0.15) is 4.31 Å². The zero-order valence-electron chi connectivity index (χ0n) is 18.8. The van der Waals surface area contributed by atoms with E-state index in [4.69, 9.17) is 0 Å². The summed E-state index contributed by atoms with van der Waals surface area (Å²) in [5.74, 6) is -0.753. The number of amides is 3. The van der Waals surface area contributed by atoms with Crippen molar-refractivity contribution in [1.82, 2.24) is 14.9 Å². The first-order valence-electron chi connectivity index (χ1n) is 11.1. The van der Waals surface area contributed by atoms with Crippen molar-refractivity contribution in [3.8, 4) is 0 Å². The maximum absolute atomic E-state index is 13.0. The first kappa shape index (κ1) is 24.2. The van der Waals surface area contributed by atoms with Crippen LogP contribution in [0.2, 0.25) is 0 Å². The molecule has 2 saturated heterocycles. The fourth-order valence-electron chi connectivity index (χ4n) is 4.03. The average molecular weight is 465 g/mol. The number of piperidine rings is 1. The number of hydrogen-bond acceptors (Lipinski definition) is 5. The van der Waals surface area contributed by atoms with Gasteiger partial charge in [-0.25, -0.2) is 8.42 Å². The van der Waals surface area contributed by atoms with Gasteiger partial charge >= 0.3 is 0 Å². The second-order valence-electron chi connectivity index (χ2n) is 8.71. The lowest BCUT2D eigenvalue weighted by atomic mass is 9.97. The van der Waals surface area contributed by atoms with E-state index in [9.17, 15) is 22.8 Å². The van der Waals surface area contributed by atoms with Gasteiger partial charge in [0.05, 0.1) is 4.90 Å². The van der Waals surface area contributed by atoms with Crippen LogP contribution in [0.5, 0.6) is 0 Å². The van der Waals surface area contributed by atoms with E-state index in [0.29, 0.717) is 31.5 Å². The number of sulfonamides is 1. The van der Waals surface area contributed by atoms with Gasteiger partial charge < -0.3 is 15.5 Å². The quantitative estimate of drug-likeness (QED) is 0.630. The van der Waals surface area contributed by atoms with Gasteiger partial charge in [0, 0.05) is 43.7 Å². The molecule has 1 aromatic rings. The highest BCUT2D eigenvalue weighted by Gasteiger charge is 2.33. The molecule has 0 bridgehead atoms. The number of carbonyl (C=O) groups is 3. The van der Waals surface area contributed by atoms with Crippen LogP contribution in [-0.4, -0.2) is 62.2 Å². The molecule has 0 unspecified atom stereocenters. The first-order chi connectivity index (χ1) is 15.1. The van der Waals surface area contributed by atoms with Crippen molar-refractivity contribution in [3.05, 3.63) is 24.3 Å². The van der Waals surface area contributed by atoms with Crippen LogP contribution in [-0.2, 0) is 24.4 Å². The van der Waals surface area contributed by atoms with Crippen LogP contribution in [0, 0.1) is 5.92 Å². The molecule has 2 aliphatic heterocycles. The molecule has 0 spiro atoms. The monoisotopic (exact) mass is 464 g/mol. The Labute approximate surface area is 189 Å². The van der Waals surface area contributed by atoms with E-state index in [1.54, 1.807) is 24.0 Å². The van der Waals surface area contributed by atoms with Crippen LogP contribution < -0.4 is 15.5 Å². The average Bonchev–Trinajstić information content (AvgIpc) is 3.19. The van der Waals surface area contributed by atoms with Crippen LogP contribution in [0.15, 0.2) is 29.2 Å². The summed E-state index contributed by atoms with van der Waals surface area (Å²) in [5.41, 5.74) is 0.706. The van der Waals surface area contributed by atoms with Gasteiger partial charge in [0.1, 0.15) is 6.04 Å². The maximum atomic E-state index is 13.0. The van der Waals surface area contributed by atoms with Gasteiger partial charge in [-0.05, 0) is 64.3 Å². The van der Waals surface area contributed by atoms with Gasteiger partial charge in [-0.1, -0.05) is 0 Å². The van der Waals surface area contributed by atoms with Gasteiger partial charge in [-0.3, -0.25) is 14.4 Å². The van der Waals surface area contributed by atoms with Crippen molar-refractivity contribution in [2.45, 2.75) is 63.4 Å². The highest BCUT2D eigenvalue weighted by atomic mass is 32.2. The van der Waals surface area contributed by atoms with E-state index in [1.807, 2.05) is 13.8 Å². The molecule has 0 aromatic heterocycles.